The molecule has 2 saturated carbocycles. The number of furan rings is 1. The van der Waals surface area contributed by atoms with E-state index in [1.807, 2.05) is 13.8 Å². The Balaban J connectivity index is 1.84. The van der Waals surface area contributed by atoms with Gasteiger partial charge in [0.1, 0.15) is 18.0 Å². The van der Waals surface area contributed by atoms with Crippen LogP contribution in [-0.2, 0) is 25.5 Å². The van der Waals surface area contributed by atoms with Crippen LogP contribution in [-0.4, -0.2) is 34.9 Å². The summed E-state index contributed by atoms with van der Waals surface area (Å²) in [5.41, 5.74) is -1.30. The third kappa shape index (κ3) is 2.72. The number of carbonyl (C=O) groups is 2. The van der Waals surface area contributed by atoms with Gasteiger partial charge in [0.2, 0.25) is 0 Å². The molecule has 30 heavy (non-hydrogen) atoms. The molecule has 0 saturated heterocycles. The first-order valence-electron chi connectivity index (χ1n) is 11.1. The lowest BCUT2D eigenvalue weighted by Gasteiger charge is -2.68. The molecule has 0 bridgehead atoms. The Morgan fingerprint density at radius 3 is 2.40 bits per heavy atom. The lowest BCUT2D eigenvalue weighted by Crippen LogP contribution is -2.74. The van der Waals surface area contributed by atoms with Gasteiger partial charge in [0.25, 0.3) is 0 Å². The second-order valence-electron chi connectivity index (χ2n) is 10.4. The van der Waals surface area contributed by atoms with Gasteiger partial charge in [-0.05, 0) is 42.2 Å². The zero-order chi connectivity index (χ0) is 22.1. The molecule has 0 amide bonds. The molecule has 6 heteroatoms. The first-order chi connectivity index (χ1) is 13.9. The maximum Gasteiger partial charge on any atom is 0.302 e. The van der Waals surface area contributed by atoms with Gasteiger partial charge in [-0.3, -0.25) is 9.59 Å². The van der Waals surface area contributed by atoms with E-state index >= 15 is 0 Å². The third-order valence-corrected chi connectivity index (χ3v) is 8.92. The Hall–Kier alpha value is -1.82. The Labute approximate surface area is 178 Å². The van der Waals surface area contributed by atoms with Crippen molar-refractivity contribution in [1.29, 1.82) is 0 Å². The minimum Gasteiger partial charge on any atom is -0.469 e. The van der Waals surface area contributed by atoms with Crippen molar-refractivity contribution in [3.05, 3.63) is 23.7 Å². The first kappa shape index (κ1) is 21.4. The van der Waals surface area contributed by atoms with Crippen LogP contribution in [0.25, 0.3) is 0 Å². The smallest absolute Gasteiger partial charge is 0.302 e. The molecule has 7 atom stereocenters. The van der Waals surface area contributed by atoms with E-state index in [1.165, 1.54) is 19.4 Å². The van der Waals surface area contributed by atoms with Crippen LogP contribution < -0.4 is 0 Å². The Morgan fingerprint density at radius 1 is 1.13 bits per heavy atom. The van der Waals surface area contributed by atoms with Gasteiger partial charge < -0.3 is 19.0 Å². The predicted octanol–water partition coefficient (Wildman–Crippen LogP) is 4.00. The number of hydrogen-bond acceptors (Lipinski definition) is 6. The highest BCUT2D eigenvalue weighted by molar-refractivity contribution is 5.67. The molecule has 1 heterocycles. The van der Waals surface area contributed by atoms with Gasteiger partial charge in [-0.25, -0.2) is 0 Å². The summed E-state index contributed by atoms with van der Waals surface area (Å²) >= 11 is 0. The fourth-order valence-electron chi connectivity index (χ4n) is 7.20. The van der Waals surface area contributed by atoms with Crippen molar-refractivity contribution < 1.29 is 28.6 Å². The topological polar surface area (TPSA) is 86.0 Å². The van der Waals surface area contributed by atoms with Gasteiger partial charge in [0.15, 0.2) is 0 Å². The van der Waals surface area contributed by atoms with Crippen LogP contribution in [0.4, 0.5) is 0 Å². The normalized spacial score (nSPS) is 41.8. The van der Waals surface area contributed by atoms with Crippen molar-refractivity contribution >= 4 is 11.9 Å². The van der Waals surface area contributed by atoms with Crippen molar-refractivity contribution in [3.63, 3.8) is 0 Å². The number of esters is 2. The molecule has 0 aliphatic heterocycles. The number of rotatable bonds is 2. The SMILES string of the molecule is CC(=O)O[C@H]1C[C@@H](OC(C)=O)C(C)(C)[C@]2(O)CC[C@H]3[C@@H](C)c4ccoc4C[C@@H]3[C@@]12C. The van der Waals surface area contributed by atoms with Crippen molar-refractivity contribution in [1.82, 2.24) is 0 Å². The highest BCUT2D eigenvalue weighted by Gasteiger charge is 2.72. The molecular weight excluding hydrogens is 384 g/mol. The number of aliphatic hydroxyl groups is 1. The van der Waals surface area contributed by atoms with E-state index in [-0.39, 0.29) is 17.9 Å². The van der Waals surface area contributed by atoms with E-state index in [0.29, 0.717) is 31.1 Å². The van der Waals surface area contributed by atoms with Crippen LogP contribution in [0.3, 0.4) is 0 Å². The molecule has 0 aromatic carbocycles. The van der Waals surface area contributed by atoms with Gasteiger partial charge in [0, 0.05) is 37.5 Å². The summed E-state index contributed by atoms with van der Waals surface area (Å²) in [5.74, 6) is 0.963. The van der Waals surface area contributed by atoms with Crippen LogP contribution in [0.1, 0.15) is 78.0 Å². The fraction of sp³-hybridized carbons (Fsp3) is 0.750. The summed E-state index contributed by atoms with van der Waals surface area (Å²) in [5, 5.41) is 12.4. The zero-order valence-corrected chi connectivity index (χ0v) is 18.9. The van der Waals surface area contributed by atoms with Crippen molar-refractivity contribution in [2.24, 2.45) is 22.7 Å². The quantitative estimate of drug-likeness (QED) is 0.731. The van der Waals surface area contributed by atoms with Gasteiger partial charge in [-0.2, -0.15) is 0 Å². The van der Waals surface area contributed by atoms with E-state index < -0.39 is 28.6 Å². The summed E-state index contributed by atoms with van der Waals surface area (Å²) in [7, 11) is 0. The molecule has 3 aliphatic rings. The maximum atomic E-state index is 12.4. The van der Waals surface area contributed by atoms with E-state index in [1.54, 1.807) is 6.26 Å². The molecule has 4 rings (SSSR count). The number of fused-ring (bicyclic) bond motifs is 4. The van der Waals surface area contributed by atoms with E-state index in [0.717, 1.165) is 12.2 Å². The monoisotopic (exact) mass is 418 g/mol. The second-order valence-corrected chi connectivity index (χ2v) is 10.4. The Bertz CT molecular complexity index is 856. The number of carbonyl (C=O) groups excluding carboxylic acids is 2. The van der Waals surface area contributed by atoms with Crippen LogP contribution in [0.5, 0.6) is 0 Å². The molecule has 1 N–H and O–H groups in total. The standard InChI is InChI=1S/C24H34O6/c1-13-16-7-9-24(27)22(4,5)20(29-14(2)25)12-21(30-15(3)26)23(24,6)18(16)11-19-17(13)8-10-28-19/h8,10,13,16,18,20-21,27H,7,9,11-12H2,1-6H3/t13-,16+,18+,20-,21+,23+,24-/m1/s1. The molecule has 0 unspecified atom stereocenters. The van der Waals surface area contributed by atoms with E-state index in [9.17, 15) is 14.7 Å². The average Bonchev–Trinajstić information content (AvgIpc) is 3.11. The molecule has 1 aromatic rings. The summed E-state index contributed by atoms with van der Waals surface area (Å²) in [6, 6.07) is 2.06. The first-order valence-corrected chi connectivity index (χ1v) is 11.1. The summed E-state index contributed by atoms with van der Waals surface area (Å²) in [6.07, 6.45) is 3.20. The number of hydrogen-bond donors (Lipinski definition) is 1. The van der Waals surface area contributed by atoms with Gasteiger partial charge in [-0.1, -0.05) is 27.7 Å². The fourth-order valence-corrected chi connectivity index (χ4v) is 7.20. The van der Waals surface area contributed by atoms with Crippen LogP contribution in [0.2, 0.25) is 0 Å². The average molecular weight is 419 g/mol. The second kappa shape index (κ2) is 6.84. The van der Waals surface area contributed by atoms with Gasteiger partial charge in [-0.15, -0.1) is 0 Å². The predicted molar refractivity (Wildman–Crippen MR) is 110 cm³/mol. The molecule has 1 aromatic heterocycles. The maximum absolute atomic E-state index is 12.4. The molecule has 0 spiro atoms. The highest BCUT2D eigenvalue weighted by Crippen LogP contribution is 2.67. The molecule has 2 fully saturated rings. The van der Waals surface area contributed by atoms with Crippen molar-refractivity contribution in [2.75, 3.05) is 0 Å². The van der Waals surface area contributed by atoms with Gasteiger partial charge >= 0.3 is 11.9 Å². The molecule has 0 radical (unpaired) electrons. The molecule has 166 valence electrons. The minimum absolute atomic E-state index is 0.0896. The van der Waals surface area contributed by atoms with Crippen LogP contribution >= 0.6 is 0 Å². The van der Waals surface area contributed by atoms with E-state index in [2.05, 4.69) is 19.9 Å². The van der Waals surface area contributed by atoms with Crippen LogP contribution in [0.15, 0.2) is 16.7 Å². The van der Waals surface area contributed by atoms with Crippen molar-refractivity contribution in [3.8, 4) is 0 Å². The van der Waals surface area contributed by atoms with E-state index in [4.69, 9.17) is 13.9 Å². The Kier molecular flexibility index (Phi) is 4.88. The Morgan fingerprint density at radius 2 is 1.77 bits per heavy atom. The lowest BCUT2D eigenvalue weighted by atomic mass is 9.40. The van der Waals surface area contributed by atoms with Crippen LogP contribution in [0, 0.1) is 22.7 Å². The number of ether oxygens (including phenoxy) is 2. The van der Waals surface area contributed by atoms with Gasteiger partial charge in [0.05, 0.1) is 11.9 Å². The minimum atomic E-state index is -1.16. The molecule has 3 aliphatic carbocycles. The zero-order valence-electron chi connectivity index (χ0n) is 18.9. The lowest BCUT2D eigenvalue weighted by molar-refractivity contribution is -0.305. The molecule has 6 nitrogen and oxygen atoms in total. The molecular formula is C24H34O6. The third-order valence-electron chi connectivity index (χ3n) is 8.92. The highest BCUT2D eigenvalue weighted by atomic mass is 16.6. The largest absolute Gasteiger partial charge is 0.469 e. The van der Waals surface area contributed by atoms with Crippen molar-refractivity contribution in [2.45, 2.75) is 91.0 Å². The summed E-state index contributed by atoms with van der Waals surface area (Å²) < 4.78 is 17.4. The summed E-state index contributed by atoms with van der Waals surface area (Å²) in [6.45, 7) is 11.0. The summed E-state index contributed by atoms with van der Waals surface area (Å²) in [4.78, 5) is 23.9.